The van der Waals surface area contributed by atoms with Crippen LogP contribution in [0.2, 0.25) is 0 Å². The van der Waals surface area contributed by atoms with Gasteiger partial charge < -0.3 is 16.0 Å². The third-order valence-corrected chi connectivity index (χ3v) is 4.72. The Hall–Kier alpha value is -2.25. The van der Waals surface area contributed by atoms with E-state index in [-0.39, 0.29) is 18.5 Å². The van der Waals surface area contributed by atoms with E-state index in [1.54, 1.807) is 4.68 Å². The Morgan fingerprint density at radius 3 is 2.74 bits per heavy atom. The summed E-state index contributed by atoms with van der Waals surface area (Å²) in [6.07, 6.45) is 4.03. The Morgan fingerprint density at radius 2 is 2.07 bits per heavy atom. The fourth-order valence-corrected chi connectivity index (χ4v) is 3.03. The number of hydrogen-bond donors (Lipinski definition) is 2. The maximum absolute atomic E-state index is 12.3. The monoisotopic (exact) mass is 370 g/mol. The molecule has 0 aliphatic heterocycles. The lowest BCUT2D eigenvalue weighted by Crippen LogP contribution is -2.34. The molecule has 1 heterocycles. The molecule has 1 aromatic carbocycles. The average Bonchev–Trinajstić information content (AvgIpc) is 3.34. The third kappa shape index (κ3) is 6.15. The summed E-state index contributed by atoms with van der Waals surface area (Å²) in [4.78, 5) is 19.0. The van der Waals surface area contributed by atoms with Gasteiger partial charge in [0.25, 0.3) is 0 Å². The van der Waals surface area contributed by atoms with Crippen LogP contribution in [0.3, 0.4) is 0 Å². The lowest BCUT2D eigenvalue weighted by molar-refractivity contribution is -0.121. The van der Waals surface area contributed by atoms with Gasteiger partial charge in [-0.3, -0.25) is 4.79 Å². The Bertz CT molecular complexity index is 738. The fourth-order valence-electron chi connectivity index (χ4n) is 3.03. The molecular formula is C20H30N6O. The molecule has 1 fully saturated rings. The van der Waals surface area contributed by atoms with E-state index in [2.05, 4.69) is 27.5 Å². The summed E-state index contributed by atoms with van der Waals surface area (Å²) in [5.41, 5.74) is 7.59. The molecule has 146 valence electrons. The zero-order valence-electron chi connectivity index (χ0n) is 16.3. The van der Waals surface area contributed by atoms with Crippen LogP contribution >= 0.6 is 0 Å². The minimum atomic E-state index is -0.289. The second-order valence-corrected chi connectivity index (χ2v) is 7.64. The van der Waals surface area contributed by atoms with E-state index in [1.165, 1.54) is 12.8 Å². The molecule has 0 radical (unpaired) electrons. The van der Waals surface area contributed by atoms with Crippen LogP contribution in [0.25, 0.3) is 0 Å². The molecular weight excluding hydrogens is 340 g/mol. The second-order valence-electron chi connectivity index (χ2n) is 7.64. The van der Waals surface area contributed by atoms with Gasteiger partial charge in [0.05, 0.1) is 6.04 Å². The highest BCUT2D eigenvalue weighted by atomic mass is 16.2. The normalized spacial score (nSPS) is 15.1. The Balaban J connectivity index is 1.68. The zero-order valence-corrected chi connectivity index (χ0v) is 16.3. The van der Waals surface area contributed by atoms with Crippen molar-refractivity contribution in [1.29, 1.82) is 0 Å². The van der Waals surface area contributed by atoms with Crippen LogP contribution in [-0.2, 0) is 24.2 Å². The van der Waals surface area contributed by atoms with Crippen LogP contribution in [0.4, 0.5) is 0 Å². The van der Waals surface area contributed by atoms with Gasteiger partial charge in [-0.25, -0.2) is 9.67 Å². The van der Waals surface area contributed by atoms with Crippen LogP contribution in [0, 0.1) is 5.92 Å². The quantitative estimate of drug-likeness (QED) is 0.655. The molecule has 0 bridgehead atoms. The van der Waals surface area contributed by atoms with E-state index in [4.69, 9.17) is 5.73 Å². The van der Waals surface area contributed by atoms with E-state index < -0.39 is 0 Å². The van der Waals surface area contributed by atoms with E-state index in [0.717, 1.165) is 24.4 Å². The molecule has 1 aliphatic carbocycles. The number of nitrogens with two attached hydrogens (primary N) is 1. The first-order valence-electron chi connectivity index (χ1n) is 9.66. The van der Waals surface area contributed by atoms with Crippen LogP contribution in [0.15, 0.2) is 30.3 Å². The zero-order chi connectivity index (χ0) is 19.2. The summed E-state index contributed by atoms with van der Waals surface area (Å²) < 4.78 is 1.69. The van der Waals surface area contributed by atoms with Gasteiger partial charge >= 0.3 is 0 Å². The van der Waals surface area contributed by atoms with Gasteiger partial charge in [0.2, 0.25) is 5.91 Å². The van der Waals surface area contributed by atoms with Gasteiger partial charge in [0, 0.05) is 19.5 Å². The van der Waals surface area contributed by atoms with Crippen molar-refractivity contribution in [2.45, 2.75) is 38.3 Å². The molecule has 1 unspecified atom stereocenters. The van der Waals surface area contributed by atoms with Gasteiger partial charge in [-0.2, -0.15) is 5.10 Å². The molecule has 27 heavy (non-hydrogen) atoms. The number of aromatic nitrogens is 3. The first-order chi connectivity index (χ1) is 13.0. The summed E-state index contributed by atoms with van der Waals surface area (Å²) in [5, 5.41) is 7.52. The minimum absolute atomic E-state index is 0.0621. The predicted octanol–water partition coefficient (Wildman–Crippen LogP) is 1.15. The lowest BCUT2D eigenvalue weighted by atomic mass is 10.1. The van der Waals surface area contributed by atoms with Crippen molar-refractivity contribution in [3.8, 4) is 0 Å². The standard InChI is InChI=1S/C20H30N6O/c1-25(2)11-10-22-19(27)14-26-20(23-18(24-26)13-16-8-9-16)17(21)12-15-6-4-3-5-7-15/h3-7,16-17H,8-14,21H2,1-2H3,(H,22,27). The molecule has 0 spiro atoms. The summed E-state index contributed by atoms with van der Waals surface area (Å²) in [5.74, 6) is 2.12. The number of nitrogens with one attached hydrogen (secondary N) is 1. The maximum atomic E-state index is 12.3. The molecule has 1 aromatic heterocycles. The molecule has 0 saturated heterocycles. The van der Waals surface area contributed by atoms with Gasteiger partial charge in [-0.1, -0.05) is 30.3 Å². The summed E-state index contributed by atoms with van der Waals surface area (Å²) >= 11 is 0. The summed E-state index contributed by atoms with van der Waals surface area (Å²) in [6.45, 7) is 1.57. The minimum Gasteiger partial charge on any atom is -0.353 e. The van der Waals surface area contributed by atoms with Crippen LogP contribution in [0.5, 0.6) is 0 Å². The first kappa shape index (κ1) is 19.5. The average molecular weight is 371 g/mol. The van der Waals surface area contributed by atoms with Crippen molar-refractivity contribution in [3.63, 3.8) is 0 Å². The van der Waals surface area contributed by atoms with E-state index in [9.17, 15) is 4.79 Å². The van der Waals surface area contributed by atoms with Crippen molar-refractivity contribution in [3.05, 3.63) is 47.5 Å². The summed E-state index contributed by atoms with van der Waals surface area (Å²) in [7, 11) is 3.96. The molecule has 3 N–H and O–H groups in total. The highest BCUT2D eigenvalue weighted by Gasteiger charge is 2.26. The number of likely N-dealkylation sites (N-methyl/N-ethyl adjacent to an activating group) is 1. The molecule has 1 saturated carbocycles. The van der Waals surface area contributed by atoms with Crippen LogP contribution in [0.1, 0.15) is 36.1 Å². The van der Waals surface area contributed by atoms with Gasteiger partial charge in [-0.05, 0) is 44.8 Å². The van der Waals surface area contributed by atoms with Crippen molar-refractivity contribution >= 4 is 5.91 Å². The highest BCUT2D eigenvalue weighted by Crippen LogP contribution is 2.32. The molecule has 2 aromatic rings. The predicted molar refractivity (Wildman–Crippen MR) is 105 cm³/mol. The number of amides is 1. The number of rotatable bonds is 10. The van der Waals surface area contributed by atoms with E-state index in [1.807, 2.05) is 37.2 Å². The first-order valence-corrected chi connectivity index (χ1v) is 9.66. The number of benzene rings is 1. The molecule has 3 rings (SSSR count). The van der Waals surface area contributed by atoms with Gasteiger partial charge in [0.1, 0.15) is 12.4 Å². The van der Waals surface area contributed by atoms with E-state index >= 15 is 0 Å². The van der Waals surface area contributed by atoms with Gasteiger partial charge in [-0.15, -0.1) is 0 Å². The number of carbonyl (C=O) groups is 1. The van der Waals surface area contributed by atoms with Crippen LogP contribution in [-0.4, -0.2) is 52.8 Å². The van der Waals surface area contributed by atoms with E-state index in [0.29, 0.717) is 24.7 Å². The van der Waals surface area contributed by atoms with Gasteiger partial charge in [0.15, 0.2) is 5.82 Å². The highest BCUT2D eigenvalue weighted by molar-refractivity contribution is 5.75. The largest absolute Gasteiger partial charge is 0.353 e. The topological polar surface area (TPSA) is 89.1 Å². The SMILES string of the molecule is CN(C)CCNC(=O)Cn1nc(CC2CC2)nc1C(N)Cc1ccccc1. The molecule has 1 atom stereocenters. The smallest absolute Gasteiger partial charge is 0.241 e. The molecule has 1 aliphatic rings. The molecule has 1 amide bonds. The Kier molecular flexibility index (Phi) is 6.58. The molecule has 7 heteroatoms. The lowest BCUT2D eigenvalue weighted by Gasteiger charge is -2.14. The van der Waals surface area contributed by atoms with Crippen LogP contribution < -0.4 is 11.1 Å². The molecule has 7 nitrogen and oxygen atoms in total. The maximum Gasteiger partial charge on any atom is 0.241 e. The van der Waals surface area contributed by atoms with Crippen molar-refractivity contribution in [2.75, 3.05) is 27.2 Å². The number of carbonyl (C=O) groups excluding carboxylic acids is 1. The Labute approximate surface area is 160 Å². The Morgan fingerprint density at radius 1 is 1.33 bits per heavy atom. The second kappa shape index (κ2) is 9.10. The number of nitrogens with zero attached hydrogens (tertiary/aromatic N) is 4. The van der Waals surface area contributed by atoms with Crippen molar-refractivity contribution in [2.24, 2.45) is 11.7 Å². The van der Waals surface area contributed by atoms with Crippen molar-refractivity contribution in [1.82, 2.24) is 25.0 Å². The third-order valence-electron chi connectivity index (χ3n) is 4.72. The number of hydrogen-bond acceptors (Lipinski definition) is 5. The van der Waals surface area contributed by atoms with Crippen molar-refractivity contribution < 1.29 is 4.79 Å². The summed E-state index contributed by atoms with van der Waals surface area (Å²) in [6, 6.07) is 9.82. The fraction of sp³-hybridized carbons (Fsp3) is 0.550.